The van der Waals surface area contributed by atoms with E-state index in [4.69, 9.17) is 0 Å². The number of thiophene rings is 1. The molecule has 0 saturated heterocycles. The zero-order valence-corrected chi connectivity index (χ0v) is 16.7. The molecule has 0 aliphatic rings. The quantitative estimate of drug-likeness (QED) is 0.523. The third kappa shape index (κ3) is 5.67. The Kier molecular flexibility index (Phi) is 6.93. The highest BCUT2D eigenvalue weighted by atomic mass is 32.2. The van der Waals surface area contributed by atoms with E-state index in [2.05, 4.69) is 29.1 Å². The van der Waals surface area contributed by atoms with Crippen molar-refractivity contribution in [2.75, 3.05) is 4.72 Å². The van der Waals surface area contributed by atoms with Crippen LogP contribution in [0.1, 0.15) is 44.0 Å². The van der Waals surface area contributed by atoms with Gasteiger partial charge in [-0.1, -0.05) is 32.0 Å². The summed E-state index contributed by atoms with van der Waals surface area (Å²) in [6.45, 7) is 6.11. The highest BCUT2D eigenvalue weighted by Crippen LogP contribution is 2.22. The van der Waals surface area contributed by atoms with Crippen molar-refractivity contribution in [1.82, 2.24) is 5.43 Å². The molecule has 0 spiro atoms. The largest absolute Gasteiger partial charge is 0.278 e. The van der Waals surface area contributed by atoms with Gasteiger partial charge in [0, 0.05) is 5.71 Å². The maximum atomic E-state index is 12.4. The lowest BCUT2D eigenvalue weighted by molar-refractivity contribution is 0.0955. The van der Waals surface area contributed by atoms with Crippen LogP contribution in [0.4, 0.5) is 5.69 Å². The van der Waals surface area contributed by atoms with Crippen LogP contribution < -0.4 is 10.1 Å². The van der Waals surface area contributed by atoms with Gasteiger partial charge in [-0.25, -0.2) is 13.8 Å². The van der Waals surface area contributed by atoms with Crippen LogP contribution in [-0.2, 0) is 10.0 Å². The second-order valence-electron chi connectivity index (χ2n) is 6.30. The van der Waals surface area contributed by atoms with Crippen LogP contribution in [0.2, 0.25) is 0 Å². The summed E-state index contributed by atoms with van der Waals surface area (Å²) < 4.78 is 27.4. The van der Waals surface area contributed by atoms with Crippen molar-refractivity contribution in [2.24, 2.45) is 11.0 Å². The van der Waals surface area contributed by atoms with Gasteiger partial charge in [-0.15, -0.1) is 11.3 Å². The predicted octanol–water partition coefficient (Wildman–Crippen LogP) is 4.09. The summed E-state index contributed by atoms with van der Waals surface area (Å²) in [6.07, 6.45) is 1.78. The zero-order valence-electron chi connectivity index (χ0n) is 15.0. The summed E-state index contributed by atoms with van der Waals surface area (Å²) in [5.41, 5.74) is 3.75. The molecule has 1 aromatic carbocycles. The average molecular weight is 394 g/mol. The number of rotatable bonds is 8. The van der Waals surface area contributed by atoms with Crippen molar-refractivity contribution >= 4 is 38.7 Å². The zero-order chi connectivity index (χ0) is 19.2. The molecule has 0 atom stereocenters. The first-order valence-corrected chi connectivity index (χ1v) is 10.6. The molecule has 0 aliphatic heterocycles. The van der Waals surface area contributed by atoms with Gasteiger partial charge in [0.2, 0.25) is 0 Å². The van der Waals surface area contributed by atoms with Crippen LogP contribution in [0, 0.1) is 5.92 Å². The van der Waals surface area contributed by atoms with E-state index in [1.54, 1.807) is 35.7 Å². The van der Waals surface area contributed by atoms with E-state index < -0.39 is 15.9 Å². The van der Waals surface area contributed by atoms with Gasteiger partial charge in [-0.3, -0.25) is 9.52 Å². The number of hydrazone groups is 1. The van der Waals surface area contributed by atoms with Gasteiger partial charge in [-0.2, -0.15) is 5.10 Å². The normalized spacial score (nSPS) is 12.2. The lowest BCUT2D eigenvalue weighted by atomic mass is 10.1. The molecular weight excluding hydrogens is 370 g/mol. The van der Waals surface area contributed by atoms with E-state index in [1.807, 2.05) is 6.92 Å². The molecule has 8 heteroatoms. The molecule has 1 heterocycles. The molecule has 0 aliphatic carbocycles. The summed E-state index contributed by atoms with van der Waals surface area (Å²) in [4.78, 5) is 12.4. The summed E-state index contributed by atoms with van der Waals surface area (Å²) in [6, 6.07) is 9.62. The number of sulfonamides is 1. The second kappa shape index (κ2) is 8.95. The number of nitrogens with zero attached hydrogens (tertiary/aromatic N) is 1. The van der Waals surface area contributed by atoms with Crippen molar-refractivity contribution < 1.29 is 13.2 Å². The Labute approximate surface area is 158 Å². The number of anilines is 1. The molecule has 0 bridgehead atoms. The third-order valence-electron chi connectivity index (χ3n) is 3.61. The van der Waals surface area contributed by atoms with Gasteiger partial charge in [0.25, 0.3) is 15.9 Å². The van der Waals surface area contributed by atoms with Crippen LogP contribution in [0.25, 0.3) is 0 Å². The van der Waals surface area contributed by atoms with Gasteiger partial charge >= 0.3 is 0 Å². The van der Waals surface area contributed by atoms with Crippen molar-refractivity contribution in [3.63, 3.8) is 0 Å². The SMILES string of the molecule is C/C(CCC(C)C)=N/NC(=O)c1ccccc1NS(=O)(=O)c1cccs1. The Morgan fingerprint density at radius 2 is 1.92 bits per heavy atom. The molecule has 0 fully saturated rings. The fourth-order valence-electron chi connectivity index (χ4n) is 2.14. The first kappa shape index (κ1) is 20.1. The van der Waals surface area contributed by atoms with Crippen molar-refractivity contribution in [2.45, 2.75) is 37.8 Å². The van der Waals surface area contributed by atoms with E-state index in [-0.39, 0.29) is 15.5 Å². The maximum Gasteiger partial charge on any atom is 0.273 e. The van der Waals surface area contributed by atoms with E-state index in [0.717, 1.165) is 29.9 Å². The molecule has 0 saturated carbocycles. The Bertz CT molecular complexity index is 873. The van der Waals surface area contributed by atoms with Gasteiger partial charge in [0.1, 0.15) is 4.21 Å². The third-order valence-corrected chi connectivity index (χ3v) is 6.37. The van der Waals surface area contributed by atoms with E-state index in [0.29, 0.717) is 5.92 Å². The number of carbonyl (C=O) groups is 1. The Morgan fingerprint density at radius 1 is 1.19 bits per heavy atom. The number of hydrogen-bond acceptors (Lipinski definition) is 5. The summed E-state index contributed by atoms with van der Waals surface area (Å²) in [5.74, 6) is 0.0987. The minimum absolute atomic E-state index is 0.190. The standard InChI is InChI=1S/C18H23N3O3S2/c1-13(2)10-11-14(3)19-20-18(22)15-7-4-5-8-16(15)21-26(23,24)17-9-6-12-25-17/h4-9,12-13,21H,10-11H2,1-3H3,(H,20,22)/b19-14-. The molecule has 2 rings (SSSR count). The predicted molar refractivity (Wildman–Crippen MR) is 106 cm³/mol. The van der Waals surface area contributed by atoms with Crippen molar-refractivity contribution in [1.29, 1.82) is 0 Å². The highest BCUT2D eigenvalue weighted by molar-refractivity contribution is 7.94. The first-order chi connectivity index (χ1) is 12.3. The number of benzene rings is 1. The highest BCUT2D eigenvalue weighted by Gasteiger charge is 2.19. The summed E-state index contributed by atoms with van der Waals surface area (Å²) in [5, 5.41) is 5.78. The number of carbonyl (C=O) groups excluding carboxylic acids is 1. The molecule has 26 heavy (non-hydrogen) atoms. The number of nitrogens with one attached hydrogen (secondary N) is 2. The van der Waals surface area contributed by atoms with E-state index in [1.165, 1.54) is 6.07 Å². The van der Waals surface area contributed by atoms with Gasteiger partial charge in [0.15, 0.2) is 0 Å². The van der Waals surface area contributed by atoms with E-state index >= 15 is 0 Å². The fourth-order valence-corrected chi connectivity index (χ4v) is 4.21. The summed E-state index contributed by atoms with van der Waals surface area (Å²) >= 11 is 1.11. The molecular formula is C18H23N3O3S2. The van der Waals surface area contributed by atoms with Crippen molar-refractivity contribution in [3.8, 4) is 0 Å². The van der Waals surface area contributed by atoms with Crippen LogP contribution in [0.15, 0.2) is 51.1 Å². The summed E-state index contributed by atoms with van der Waals surface area (Å²) in [7, 11) is -3.72. The lowest BCUT2D eigenvalue weighted by Gasteiger charge is -2.11. The molecule has 0 radical (unpaired) electrons. The van der Waals surface area contributed by atoms with Crippen LogP contribution in [-0.4, -0.2) is 20.0 Å². The topological polar surface area (TPSA) is 87.6 Å². The Morgan fingerprint density at radius 3 is 2.58 bits per heavy atom. The molecule has 2 N–H and O–H groups in total. The van der Waals surface area contributed by atoms with Crippen LogP contribution in [0.3, 0.4) is 0 Å². The maximum absolute atomic E-state index is 12.4. The minimum Gasteiger partial charge on any atom is -0.278 e. The van der Waals surface area contributed by atoms with E-state index in [9.17, 15) is 13.2 Å². The smallest absolute Gasteiger partial charge is 0.273 e. The van der Waals surface area contributed by atoms with Crippen molar-refractivity contribution in [3.05, 3.63) is 47.3 Å². The molecule has 140 valence electrons. The average Bonchev–Trinajstić information content (AvgIpc) is 3.13. The molecule has 6 nitrogen and oxygen atoms in total. The first-order valence-electron chi connectivity index (χ1n) is 8.28. The van der Waals surface area contributed by atoms with Crippen LogP contribution >= 0.6 is 11.3 Å². The van der Waals surface area contributed by atoms with Gasteiger partial charge < -0.3 is 0 Å². The lowest BCUT2D eigenvalue weighted by Crippen LogP contribution is -2.22. The fraction of sp³-hybridized carbons (Fsp3) is 0.333. The van der Waals surface area contributed by atoms with Crippen LogP contribution in [0.5, 0.6) is 0 Å². The Hall–Kier alpha value is -2.19. The second-order valence-corrected chi connectivity index (χ2v) is 9.16. The Balaban J connectivity index is 2.13. The molecule has 1 amide bonds. The monoisotopic (exact) mass is 393 g/mol. The molecule has 2 aromatic rings. The molecule has 0 unspecified atom stereocenters. The minimum atomic E-state index is -3.72. The number of amides is 1. The number of hydrogen-bond donors (Lipinski definition) is 2. The van der Waals surface area contributed by atoms with Gasteiger partial charge in [-0.05, 0) is 49.3 Å². The number of para-hydroxylation sites is 1. The van der Waals surface area contributed by atoms with Gasteiger partial charge in [0.05, 0.1) is 11.3 Å². The molecule has 1 aromatic heterocycles.